The fourth-order valence-corrected chi connectivity index (χ4v) is 5.57. The van der Waals surface area contributed by atoms with E-state index in [4.69, 9.17) is 0 Å². The molecule has 0 bridgehead atoms. The molecule has 0 aromatic heterocycles. The molecule has 0 amide bonds. The van der Waals surface area contributed by atoms with Crippen LogP contribution in [0.15, 0.2) is 54.6 Å². The molecule has 0 saturated carbocycles. The summed E-state index contributed by atoms with van der Waals surface area (Å²) in [4.78, 5) is 0. The van der Waals surface area contributed by atoms with Gasteiger partial charge in [-0.3, -0.25) is 0 Å². The number of benzene rings is 2. The van der Waals surface area contributed by atoms with Gasteiger partial charge in [-0.1, -0.05) is 67.9 Å². The molecule has 0 fully saturated rings. The molecular weight excluding hydrogens is 251 g/mol. The zero-order chi connectivity index (χ0) is 13.7. The normalized spacial score (nSPS) is 14.0. The second kappa shape index (κ2) is 6.21. The Morgan fingerprint density at radius 1 is 0.947 bits per heavy atom. The van der Waals surface area contributed by atoms with Gasteiger partial charge < -0.3 is 4.57 Å². The summed E-state index contributed by atoms with van der Waals surface area (Å²) in [5, 5.41) is 2.01. The van der Waals surface area contributed by atoms with Gasteiger partial charge in [-0.05, 0) is 18.9 Å². The minimum Gasteiger partial charge on any atom is -0.314 e. The molecule has 0 spiro atoms. The van der Waals surface area contributed by atoms with Crippen molar-refractivity contribution in [2.24, 2.45) is 0 Å². The molecule has 100 valence electrons. The van der Waals surface area contributed by atoms with Crippen molar-refractivity contribution in [2.75, 3.05) is 6.16 Å². The molecule has 0 aliphatic heterocycles. The van der Waals surface area contributed by atoms with E-state index in [2.05, 4.69) is 19.9 Å². The summed E-state index contributed by atoms with van der Waals surface area (Å²) in [6, 6.07) is 18.0. The molecule has 1 atom stereocenters. The first-order valence-electron chi connectivity index (χ1n) is 6.89. The average Bonchev–Trinajstić information content (AvgIpc) is 2.46. The molecule has 2 heteroatoms. The molecular formula is C17H21OP. The first-order chi connectivity index (χ1) is 9.18. The summed E-state index contributed by atoms with van der Waals surface area (Å²) < 4.78 is 13.6. The number of unbranched alkanes of at least 4 members (excludes halogenated alkanes) is 1. The molecule has 19 heavy (non-hydrogen) atoms. The second-order valence-electron chi connectivity index (χ2n) is 4.94. The van der Waals surface area contributed by atoms with E-state index >= 15 is 0 Å². The first kappa shape index (κ1) is 14.1. The van der Waals surface area contributed by atoms with Crippen LogP contribution in [0, 0.1) is 6.92 Å². The van der Waals surface area contributed by atoms with E-state index in [1.807, 2.05) is 48.5 Å². The van der Waals surface area contributed by atoms with Gasteiger partial charge >= 0.3 is 0 Å². The third-order valence-electron chi connectivity index (χ3n) is 3.50. The molecule has 0 heterocycles. The Balaban J connectivity index is 2.53. The Bertz CT molecular complexity index is 575. The summed E-state index contributed by atoms with van der Waals surface area (Å²) in [5.41, 5.74) is 1.13. The number of hydrogen-bond acceptors (Lipinski definition) is 1. The molecule has 0 radical (unpaired) electrons. The topological polar surface area (TPSA) is 17.1 Å². The third-order valence-corrected chi connectivity index (χ3v) is 6.86. The van der Waals surface area contributed by atoms with Crippen molar-refractivity contribution in [3.8, 4) is 0 Å². The summed E-state index contributed by atoms with van der Waals surface area (Å²) >= 11 is 0. The van der Waals surface area contributed by atoms with Crippen LogP contribution in [-0.4, -0.2) is 6.16 Å². The van der Waals surface area contributed by atoms with E-state index in [0.29, 0.717) is 0 Å². The van der Waals surface area contributed by atoms with Gasteiger partial charge in [0.05, 0.1) is 0 Å². The van der Waals surface area contributed by atoms with Crippen LogP contribution in [-0.2, 0) is 4.57 Å². The molecule has 2 rings (SSSR count). The Labute approximate surface area is 116 Å². The molecule has 1 nitrogen and oxygen atoms in total. The number of hydrogen-bond donors (Lipinski definition) is 0. The van der Waals surface area contributed by atoms with Crippen molar-refractivity contribution < 1.29 is 4.57 Å². The van der Waals surface area contributed by atoms with Crippen LogP contribution in [0.5, 0.6) is 0 Å². The van der Waals surface area contributed by atoms with Gasteiger partial charge in [0.1, 0.15) is 7.14 Å². The van der Waals surface area contributed by atoms with E-state index in [0.717, 1.165) is 35.2 Å². The maximum absolute atomic E-state index is 13.6. The fraction of sp³-hybridized carbons (Fsp3) is 0.294. The summed E-state index contributed by atoms with van der Waals surface area (Å²) in [6.07, 6.45) is 2.83. The van der Waals surface area contributed by atoms with Crippen molar-refractivity contribution >= 4 is 17.8 Å². The van der Waals surface area contributed by atoms with Crippen LogP contribution in [0.1, 0.15) is 25.3 Å². The van der Waals surface area contributed by atoms with E-state index in [-0.39, 0.29) is 0 Å². The van der Waals surface area contributed by atoms with Crippen LogP contribution in [0.3, 0.4) is 0 Å². The highest BCUT2D eigenvalue weighted by atomic mass is 31.2. The van der Waals surface area contributed by atoms with Crippen LogP contribution in [0.4, 0.5) is 0 Å². The van der Waals surface area contributed by atoms with Gasteiger partial charge in [-0.2, -0.15) is 0 Å². The van der Waals surface area contributed by atoms with Gasteiger partial charge in [0.25, 0.3) is 0 Å². The van der Waals surface area contributed by atoms with Gasteiger partial charge in [0.15, 0.2) is 0 Å². The van der Waals surface area contributed by atoms with E-state index in [1.54, 1.807) is 0 Å². The lowest BCUT2D eigenvalue weighted by molar-refractivity contribution is 0.585. The van der Waals surface area contributed by atoms with E-state index in [9.17, 15) is 4.57 Å². The van der Waals surface area contributed by atoms with Gasteiger partial charge in [-0.15, -0.1) is 0 Å². The standard InChI is InChI=1S/C17H21OP/c1-3-4-14-19(18,16-11-6-5-7-12-16)17-13-9-8-10-15(17)2/h5-13H,3-4,14H2,1-2H3. The maximum Gasteiger partial charge on any atom is 0.143 e. The van der Waals surface area contributed by atoms with Crippen LogP contribution in [0.2, 0.25) is 0 Å². The third kappa shape index (κ3) is 2.98. The van der Waals surface area contributed by atoms with Gasteiger partial charge in [0, 0.05) is 16.8 Å². The Morgan fingerprint density at radius 3 is 2.21 bits per heavy atom. The lowest BCUT2D eigenvalue weighted by Gasteiger charge is -2.21. The zero-order valence-corrected chi connectivity index (χ0v) is 12.6. The van der Waals surface area contributed by atoms with Crippen molar-refractivity contribution in [3.05, 3.63) is 60.2 Å². The van der Waals surface area contributed by atoms with Crippen LogP contribution < -0.4 is 10.6 Å². The van der Waals surface area contributed by atoms with E-state index in [1.165, 1.54) is 0 Å². The molecule has 0 N–H and O–H groups in total. The minimum atomic E-state index is -2.48. The lowest BCUT2D eigenvalue weighted by atomic mass is 10.2. The number of rotatable bonds is 5. The van der Waals surface area contributed by atoms with E-state index < -0.39 is 7.14 Å². The Morgan fingerprint density at radius 2 is 1.58 bits per heavy atom. The predicted molar refractivity (Wildman–Crippen MR) is 84.3 cm³/mol. The van der Waals surface area contributed by atoms with Crippen molar-refractivity contribution in [2.45, 2.75) is 26.7 Å². The monoisotopic (exact) mass is 272 g/mol. The predicted octanol–water partition coefficient (Wildman–Crippen LogP) is 4.11. The van der Waals surface area contributed by atoms with Crippen LogP contribution >= 0.6 is 7.14 Å². The Hall–Kier alpha value is -1.33. The lowest BCUT2D eigenvalue weighted by Crippen LogP contribution is -2.20. The largest absolute Gasteiger partial charge is 0.314 e. The molecule has 2 aromatic carbocycles. The highest BCUT2D eigenvalue weighted by molar-refractivity contribution is 7.78. The quantitative estimate of drug-likeness (QED) is 0.749. The highest BCUT2D eigenvalue weighted by Crippen LogP contribution is 2.44. The highest BCUT2D eigenvalue weighted by Gasteiger charge is 2.27. The smallest absolute Gasteiger partial charge is 0.143 e. The molecule has 0 aliphatic rings. The SMILES string of the molecule is CCCCP(=O)(c1ccccc1)c1ccccc1C. The van der Waals surface area contributed by atoms with Crippen molar-refractivity contribution in [1.82, 2.24) is 0 Å². The van der Waals surface area contributed by atoms with Gasteiger partial charge in [-0.25, -0.2) is 0 Å². The van der Waals surface area contributed by atoms with Gasteiger partial charge in [0.2, 0.25) is 0 Å². The molecule has 1 unspecified atom stereocenters. The average molecular weight is 272 g/mol. The zero-order valence-electron chi connectivity index (χ0n) is 11.7. The van der Waals surface area contributed by atoms with Crippen molar-refractivity contribution in [3.63, 3.8) is 0 Å². The fourth-order valence-electron chi connectivity index (χ4n) is 2.41. The summed E-state index contributed by atoms with van der Waals surface area (Å²) in [6.45, 7) is 4.20. The minimum absolute atomic E-state index is 0.762. The van der Waals surface area contributed by atoms with Crippen molar-refractivity contribution in [1.29, 1.82) is 0 Å². The maximum atomic E-state index is 13.6. The molecule has 0 aliphatic carbocycles. The molecule has 2 aromatic rings. The summed E-state index contributed by atoms with van der Waals surface area (Å²) in [7, 11) is -2.48. The molecule has 0 saturated heterocycles. The Kier molecular flexibility index (Phi) is 4.61. The first-order valence-corrected chi connectivity index (χ1v) is 8.78. The second-order valence-corrected chi connectivity index (χ2v) is 7.86. The summed E-state index contributed by atoms with van der Waals surface area (Å²) in [5.74, 6) is 0. The van der Waals surface area contributed by atoms with Crippen LogP contribution in [0.25, 0.3) is 0 Å². The number of aryl methyl sites for hydroxylation is 1.